The van der Waals surface area contributed by atoms with E-state index in [0.717, 1.165) is 30.2 Å². The largest absolute Gasteiger partial charge is 0.394 e. The molecule has 0 aromatic carbocycles. The summed E-state index contributed by atoms with van der Waals surface area (Å²) in [5.74, 6) is 0.592. The number of aromatic nitrogens is 2. The highest BCUT2D eigenvalue weighted by Crippen LogP contribution is 2.31. The van der Waals surface area contributed by atoms with Gasteiger partial charge in [-0.2, -0.15) is 0 Å². The van der Waals surface area contributed by atoms with Crippen LogP contribution >= 0.6 is 15.9 Å². The van der Waals surface area contributed by atoms with Crippen LogP contribution in [-0.2, 0) is 0 Å². The number of anilines is 1. The van der Waals surface area contributed by atoms with E-state index in [2.05, 4.69) is 31.2 Å². The predicted octanol–water partition coefficient (Wildman–Crippen LogP) is 1.96. The zero-order valence-electron chi connectivity index (χ0n) is 8.41. The Kier molecular flexibility index (Phi) is 3.21. The molecule has 1 fully saturated rings. The van der Waals surface area contributed by atoms with Gasteiger partial charge in [-0.1, -0.05) is 12.8 Å². The topological polar surface area (TPSA) is 58.0 Å². The lowest BCUT2D eigenvalue weighted by Gasteiger charge is -2.27. The average Bonchev–Trinajstić information content (AvgIpc) is 2.71. The van der Waals surface area contributed by atoms with Crippen LogP contribution in [0, 0.1) is 0 Å². The zero-order valence-corrected chi connectivity index (χ0v) is 10.00. The first-order valence-corrected chi connectivity index (χ1v) is 5.90. The molecular formula is C10H14BrN3O. The molecular weight excluding hydrogens is 258 g/mol. The Morgan fingerprint density at radius 2 is 1.93 bits per heavy atom. The molecule has 15 heavy (non-hydrogen) atoms. The lowest BCUT2D eigenvalue weighted by atomic mass is 9.99. The number of halogens is 1. The van der Waals surface area contributed by atoms with Crippen molar-refractivity contribution >= 4 is 21.9 Å². The molecule has 0 aliphatic heterocycles. The summed E-state index contributed by atoms with van der Waals surface area (Å²) in [6.45, 7) is 0.145. The summed E-state index contributed by atoms with van der Waals surface area (Å²) < 4.78 is 0.859. The summed E-state index contributed by atoms with van der Waals surface area (Å²) in [7, 11) is 0. The van der Waals surface area contributed by atoms with Crippen molar-refractivity contribution in [3.8, 4) is 0 Å². The molecule has 1 aliphatic carbocycles. The summed E-state index contributed by atoms with van der Waals surface area (Å²) in [5.41, 5.74) is -0.201. The maximum atomic E-state index is 9.41. The van der Waals surface area contributed by atoms with Crippen LogP contribution < -0.4 is 5.32 Å². The monoisotopic (exact) mass is 271 g/mol. The van der Waals surface area contributed by atoms with Gasteiger partial charge in [-0.25, -0.2) is 9.97 Å². The van der Waals surface area contributed by atoms with Gasteiger partial charge in [0, 0.05) is 12.4 Å². The molecule has 0 saturated heterocycles. The van der Waals surface area contributed by atoms with Crippen LogP contribution in [0.5, 0.6) is 0 Å². The highest BCUT2D eigenvalue weighted by Gasteiger charge is 2.33. The summed E-state index contributed by atoms with van der Waals surface area (Å²) in [4.78, 5) is 8.31. The minimum atomic E-state index is -0.201. The highest BCUT2D eigenvalue weighted by molar-refractivity contribution is 9.10. The third-order valence-corrected chi connectivity index (χ3v) is 3.27. The minimum Gasteiger partial charge on any atom is -0.394 e. The fourth-order valence-corrected chi connectivity index (χ4v) is 2.19. The number of nitrogens with one attached hydrogen (secondary N) is 1. The van der Waals surface area contributed by atoms with Crippen LogP contribution in [-0.4, -0.2) is 27.2 Å². The number of rotatable bonds is 3. The van der Waals surface area contributed by atoms with Crippen LogP contribution in [0.3, 0.4) is 0 Å². The van der Waals surface area contributed by atoms with Gasteiger partial charge in [0.1, 0.15) is 0 Å². The Labute approximate surface area is 97.3 Å². The normalized spacial score (nSPS) is 19.1. The van der Waals surface area contributed by atoms with E-state index in [1.165, 1.54) is 0 Å². The Bertz CT molecular complexity index is 322. The summed E-state index contributed by atoms with van der Waals surface area (Å²) in [5, 5.41) is 12.6. The molecule has 82 valence electrons. The second kappa shape index (κ2) is 4.45. The molecule has 0 atom stereocenters. The Hall–Kier alpha value is -0.680. The van der Waals surface area contributed by atoms with Crippen molar-refractivity contribution in [3.05, 3.63) is 16.9 Å². The minimum absolute atomic E-state index is 0.145. The first-order chi connectivity index (χ1) is 7.24. The van der Waals surface area contributed by atoms with Crippen molar-refractivity contribution in [1.82, 2.24) is 9.97 Å². The summed E-state index contributed by atoms with van der Waals surface area (Å²) in [6.07, 6.45) is 7.70. The van der Waals surface area contributed by atoms with Crippen molar-refractivity contribution in [2.45, 2.75) is 31.2 Å². The average molecular weight is 272 g/mol. The molecule has 0 spiro atoms. The first-order valence-electron chi connectivity index (χ1n) is 5.11. The van der Waals surface area contributed by atoms with Gasteiger partial charge in [0.15, 0.2) is 0 Å². The van der Waals surface area contributed by atoms with Crippen LogP contribution in [0.4, 0.5) is 5.95 Å². The number of aliphatic hydroxyl groups excluding tert-OH is 1. The molecule has 2 N–H and O–H groups in total. The van der Waals surface area contributed by atoms with Crippen molar-refractivity contribution in [2.24, 2.45) is 0 Å². The maximum absolute atomic E-state index is 9.41. The van der Waals surface area contributed by atoms with Crippen LogP contribution in [0.25, 0.3) is 0 Å². The Morgan fingerprint density at radius 1 is 1.33 bits per heavy atom. The third-order valence-electron chi connectivity index (χ3n) is 2.86. The molecule has 0 amide bonds. The zero-order chi connectivity index (χ0) is 10.7. The fourth-order valence-electron chi connectivity index (χ4n) is 1.99. The van der Waals surface area contributed by atoms with Crippen molar-refractivity contribution in [3.63, 3.8) is 0 Å². The van der Waals surface area contributed by atoms with Crippen molar-refractivity contribution < 1.29 is 5.11 Å². The molecule has 0 unspecified atom stereocenters. The molecule has 1 saturated carbocycles. The first kappa shape index (κ1) is 10.8. The molecule has 0 radical (unpaired) electrons. The molecule has 2 rings (SSSR count). The second-order valence-corrected chi connectivity index (χ2v) is 4.91. The molecule has 1 aliphatic rings. The van der Waals surface area contributed by atoms with Crippen LogP contribution in [0.15, 0.2) is 16.9 Å². The quantitative estimate of drug-likeness (QED) is 0.883. The standard InChI is InChI=1S/C10H14BrN3O/c11-8-5-12-9(13-6-8)14-10(7-15)3-1-2-4-10/h5-6,15H,1-4,7H2,(H,12,13,14). The lowest BCUT2D eigenvalue weighted by Crippen LogP contribution is -2.39. The number of hydrogen-bond donors (Lipinski definition) is 2. The molecule has 1 heterocycles. The van der Waals surface area contributed by atoms with Crippen LogP contribution in [0.1, 0.15) is 25.7 Å². The van der Waals surface area contributed by atoms with E-state index in [1.807, 2.05) is 0 Å². The fraction of sp³-hybridized carbons (Fsp3) is 0.600. The van der Waals surface area contributed by atoms with Gasteiger partial charge in [-0.05, 0) is 28.8 Å². The smallest absolute Gasteiger partial charge is 0.223 e. The Balaban J connectivity index is 2.09. The van der Waals surface area contributed by atoms with E-state index in [-0.39, 0.29) is 12.1 Å². The number of hydrogen-bond acceptors (Lipinski definition) is 4. The number of aliphatic hydroxyl groups is 1. The van der Waals surface area contributed by atoms with E-state index in [9.17, 15) is 5.11 Å². The number of nitrogens with zero attached hydrogens (tertiary/aromatic N) is 2. The summed E-state index contributed by atoms with van der Waals surface area (Å²) >= 11 is 3.29. The van der Waals surface area contributed by atoms with E-state index in [1.54, 1.807) is 12.4 Å². The highest BCUT2D eigenvalue weighted by atomic mass is 79.9. The van der Waals surface area contributed by atoms with Crippen molar-refractivity contribution in [1.29, 1.82) is 0 Å². The van der Waals surface area contributed by atoms with Gasteiger partial charge in [-0.15, -0.1) is 0 Å². The van der Waals surface area contributed by atoms with Gasteiger partial charge in [-0.3, -0.25) is 0 Å². The molecule has 4 nitrogen and oxygen atoms in total. The van der Waals surface area contributed by atoms with Gasteiger partial charge in [0.25, 0.3) is 0 Å². The molecule has 1 aromatic heterocycles. The summed E-state index contributed by atoms with van der Waals surface area (Å²) in [6, 6.07) is 0. The van der Waals surface area contributed by atoms with E-state index in [0.29, 0.717) is 5.95 Å². The van der Waals surface area contributed by atoms with E-state index >= 15 is 0 Å². The van der Waals surface area contributed by atoms with Crippen LogP contribution in [0.2, 0.25) is 0 Å². The van der Waals surface area contributed by atoms with Gasteiger partial charge in [0.2, 0.25) is 5.95 Å². The van der Waals surface area contributed by atoms with E-state index < -0.39 is 0 Å². The van der Waals surface area contributed by atoms with Gasteiger partial charge < -0.3 is 10.4 Å². The Morgan fingerprint density at radius 3 is 2.47 bits per heavy atom. The second-order valence-electron chi connectivity index (χ2n) is 4.00. The molecule has 0 bridgehead atoms. The molecule has 1 aromatic rings. The molecule has 5 heteroatoms. The SMILES string of the molecule is OCC1(Nc2ncc(Br)cn2)CCCC1. The third kappa shape index (κ3) is 2.46. The predicted molar refractivity (Wildman–Crippen MR) is 61.6 cm³/mol. The lowest BCUT2D eigenvalue weighted by molar-refractivity contribution is 0.213. The van der Waals surface area contributed by atoms with Gasteiger partial charge in [0.05, 0.1) is 16.6 Å². The maximum Gasteiger partial charge on any atom is 0.223 e. The van der Waals surface area contributed by atoms with E-state index in [4.69, 9.17) is 0 Å². The van der Waals surface area contributed by atoms with Gasteiger partial charge >= 0.3 is 0 Å². The van der Waals surface area contributed by atoms with Crippen molar-refractivity contribution in [2.75, 3.05) is 11.9 Å².